The lowest BCUT2D eigenvalue weighted by Crippen LogP contribution is -2.07. The van der Waals surface area contributed by atoms with Crippen molar-refractivity contribution < 1.29 is 5.11 Å². The SMILES string of the molecule is CCc1nn(C)c(CC(O)c2cc(I)ccc2Br)c1Cl. The van der Waals surface area contributed by atoms with E-state index in [4.69, 9.17) is 11.6 Å². The van der Waals surface area contributed by atoms with Crippen LogP contribution in [0.2, 0.25) is 5.02 Å². The van der Waals surface area contributed by atoms with E-state index in [9.17, 15) is 5.11 Å². The van der Waals surface area contributed by atoms with Gasteiger partial charge in [0.1, 0.15) is 0 Å². The average Bonchev–Trinajstić information content (AvgIpc) is 2.68. The van der Waals surface area contributed by atoms with Gasteiger partial charge in [-0.25, -0.2) is 0 Å². The molecule has 1 N–H and O–H groups in total. The van der Waals surface area contributed by atoms with Crippen molar-refractivity contribution in [3.8, 4) is 0 Å². The Morgan fingerprint density at radius 1 is 1.50 bits per heavy atom. The lowest BCUT2D eigenvalue weighted by Gasteiger charge is -2.14. The zero-order valence-corrected chi connectivity index (χ0v) is 15.7. The average molecular weight is 470 g/mol. The molecule has 1 atom stereocenters. The first kappa shape index (κ1) is 16.3. The molecule has 1 heterocycles. The number of nitrogens with zero attached hydrogens (tertiary/aromatic N) is 2. The summed E-state index contributed by atoms with van der Waals surface area (Å²) >= 11 is 12.0. The maximum atomic E-state index is 10.5. The molecule has 1 aromatic carbocycles. The minimum Gasteiger partial charge on any atom is -0.388 e. The standard InChI is InChI=1S/C14H15BrClIN2O/c1-3-11-14(16)12(19(2)18-11)7-13(20)9-6-8(17)4-5-10(9)15/h4-6,13,20H,3,7H2,1-2H3. The van der Waals surface area contributed by atoms with Crippen molar-refractivity contribution in [1.29, 1.82) is 0 Å². The van der Waals surface area contributed by atoms with Gasteiger partial charge in [-0.05, 0) is 52.8 Å². The molecule has 0 saturated carbocycles. The molecule has 0 spiro atoms. The van der Waals surface area contributed by atoms with Crippen LogP contribution < -0.4 is 0 Å². The van der Waals surface area contributed by atoms with E-state index in [1.165, 1.54) is 0 Å². The van der Waals surface area contributed by atoms with Gasteiger partial charge in [-0.1, -0.05) is 34.5 Å². The van der Waals surface area contributed by atoms with E-state index in [1.54, 1.807) is 4.68 Å². The Kier molecular flexibility index (Phi) is 5.50. The summed E-state index contributed by atoms with van der Waals surface area (Å²) < 4.78 is 3.75. The van der Waals surface area contributed by atoms with Gasteiger partial charge in [0.15, 0.2) is 0 Å². The van der Waals surface area contributed by atoms with Gasteiger partial charge in [-0.3, -0.25) is 4.68 Å². The van der Waals surface area contributed by atoms with E-state index in [0.29, 0.717) is 11.4 Å². The molecule has 2 aromatic rings. The van der Waals surface area contributed by atoms with Crippen molar-refractivity contribution in [1.82, 2.24) is 9.78 Å². The minimum atomic E-state index is -0.614. The molecule has 0 bridgehead atoms. The van der Waals surface area contributed by atoms with Crippen LogP contribution in [0.1, 0.15) is 30.0 Å². The Bertz CT molecular complexity index is 630. The van der Waals surface area contributed by atoms with E-state index in [-0.39, 0.29) is 0 Å². The molecule has 20 heavy (non-hydrogen) atoms. The third-order valence-corrected chi connectivity index (χ3v) is 5.04. The summed E-state index contributed by atoms with van der Waals surface area (Å²) in [6, 6.07) is 5.91. The lowest BCUT2D eigenvalue weighted by molar-refractivity contribution is 0.175. The summed E-state index contributed by atoms with van der Waals surface area (Å²) in [5.41, 5.74) is 2.60. The van der Waals surface area contributed by atoms with Gasteiger partial charge in [0.05, 0.1) is 22.5 Å². The summed E-state index contributed by atoms with van der Waals surface area (Å²) in [5.74, 6) is 0. The first-order valence-electron chi connectivity index (χ1n) is 6.27. The highest BCUT2D eigenvalue weighted by atomic mass is 127. The second-order valence-corrected chi connectivity index (χ2v) is 7.05. The van der Waals surface area contributed by atoms with Gasteiger partial charge in [0.25, 0.3) is 0 Å². The Balaban J connectivity index is 2.30. The number of aromatic nitrogens is 2. The van der Waals surface area contributed by atoms with Crippen LogP contribution in [0.15, 0.2) is 22.7 Å². The van der Waals surface area contributed by atoms with Crippen LogP contribution in [-0.2, 0) is 19.9 Å². The second kappa shape index (κ2) is 6.77. The topological polar surface area (TPSA) is 38.0 Å². The zero-order valence-electron chi connectivity index (χ0n) is 11.2. The molecule has 0 aliphatic carbocycles. The van der Waals surface area contributed by atoms with Crippen LogP contribution in [0.3, 0.4) is 0 Å². The molecule has 2 rings (SSSR count). The fraction of sp³-hybridized carbons (Fsp3) is 0.357. The molecule has 0 aliphatic heterocycles. The maximum Gasteiger partial charge on any atom is 0.0857 e. The van der Waals surface area contributed by atoms with Crippen molar-refractivity contribution in [3.63, 3.8) is 0 Å². The first-order chi connectivity index (χ1) is 9.43. The summed E-state index contributed by atoms with van der Waals surface area (Å²) in [6.45, 7) is 2.02. The van der Waals surface area contributed by atoms with E-state index in [2.05, 4.69) is 43.6 Å². The van der Waals surface area contributed by atoms with Crippen molar-refractivity contribution >= 4 is 50.1 Å². The molecule has 0 amide bonds. The predicted octanol–water partition coefficient (Wildman–Crippen LogP) is 4.28. The van der Waals surface area contributed by atoms with Crippen LogP contribution in [0.5, 0.6) is 0 Å². The summed E-state index contributed by atoms with van der Waals surface area (Å²) in [5, 5.41) is 15.5. The second-order valence-electron chi connectivity index (χ2n) is 4.57. The molecule has 0 saturated heterocycles. The maximum absolute atomic E-state index is 10.5. The van der Waals surface area contributed by atoms with Crippen LogP contribution in [0.25, 0.3) is 0 Å². The summed E-state index contributed by atoms with van der Waals surface area (Å²) in [6.07, 6.45) is 0.619. The summed E-state index contributed by atoms with van der Waals surface area (Å²) in [7, 11) is 1.86. The fourth-order valence-electron chi connectivity index (χ4n) is 2.10. The largest absolute Gasteiger partial charge is 0.388 e. The zero-order chi connectivity index (χ0) is 14.9. The van der Waals surface area contributed by atoms with Gasteiger partial charge in [0.2, 0.25) is 0 Å². The van der Waals surface area contributed by atoms with Crippen molar-refractivity contribution in [2.24, 2.45) is 7.05 Å². The predicted molar refractivity (Wildman–Crippen MR) is 93.1 cm³/mol. The number of aryl methyl sites for hydroxylation is 2. The van der Waals surface area contributed by atoms with Gasteiger partial charge in [-0.2, -0.15) is 5.10 Å². The smallest absolute Gasteiger partial charge is 0.0857 e. The molecule has 1 unspecified atom stereocenters. The molecule has 0 fully saturated rings. The third kappa shape index (κ3) is 3.37. The van der Waals surface area contributed by atoms with E-state index in [1.807, 2.05) is 32.2 Å². The van der Waals surface area contributed by atoms with Crippen molar-refractivity contribution in [2.75, 3.05) is 0 Å². The molecule has 0 radical (unpaired) electrons. The van der Waals surface area contributed by atoms with Gasteiger partial charge >= 0.3 is 0 Å². The number of benzene rings is 1. The van der Waals surface area contributed by atoms with Crippen LogP contribution in [0.4, 0.5) is 0 Å². The number of aliphatic hydroxyl groups is 1. The molecule has 6 heteroatoms. The van der Waals surface area contributed by atoms with Crippen LogP contribution >= 0.6 is 50.1 Å². The Morgan fingerprint density at radius 3 is 2.80 bits per heavy atom. The Hall–Kier alpha value is -0.110. The fourth-order valence-corrected chi connectivity index (χ4v) is 3.50. The monoisotopic (exact) mass is 468 g/mol. The van der Waals surface area contributed by atoms with E-state index < -0.39 is 6.10 Å². The Morgan fingerprint density at radius 2 is 2.20 bits per heavy atom. The number of hydrogen-bond acceptors (Lipinski definition) is 2. The van der Waals surface area contributed by atoms with Gasteiger partial charge in [0, 0.05) is 21.5 Å². The highest BCUT2D eigenvalue weighted by molar-refractivity contribution is 14.1. The molecular formula is C14H15BrClIN2O. The highest BCUT2D eigenvalue weighted by Crippen LogP contribution is 2.30. The van der Waals surface area contributed by atoms with Gasteiger partial charge < -0.3 is 5.11 Å². The van der Waals surface area contributed by atoms with E-state index in [0.717, 1.165) is 31.4 Å². The molecule has 0 aliphatic rings. The number of aliphatic hydroxyl groups excluding tert-OH is 1. The lowest BCUT2D eigenvalue weighted by atomic mass is 10.0. The minimum absolute atomic E-state index is 0.445. The number of rotatable bonds is 4. The number of hydrogen-bond donors (Lipinski definition) is 1. The molecule has 108 valence electrons. The molecule has 3 nitrogen and oxygen atoms in total. The first-order valence-corrected chi connectivity index (χ1v) is 8.52. The van der Waals surface area contributed by atoms with Crippen molar-refractivity contribution in [3.05, 3.63) is 48.2 Å². The number of halogens is 3. The highest BCUT2D eigenvalue weighted by Gasteiger charge is 2.19. The van der Waals surface area contributed by atoms with Crippen molar-refractivity contribution in [2.45, 2.75) is 25.9 Å². The summed E-state index contributed by atoms with van der Waals surface area (Å²) in [4.78, 5) is 0. The van der Waals surface area contributed by atoms with Crippen LogP contribution in [-0.4, -0.2) is 14.9 Å². The van der Waals surface area contributed by atoms with Gasteiger partial charge in [-0.15, -0.1) is 0 Å². The Labute approximate surface area is 145 Å². The van der Waals surface area contributed by atoms with Crippen LogP contribution in [0, 0.1) is 3.57 Å². The van der Waals surface area contributed by atoms with E-state index >= 15 is 0 Å². The molecule has 1 aromatic heterocycles. The third-order valence-electron chi connectivity index (χ3n) is 3.21. The molecular weight excluding hydrogens is 454 g/mol. The normalized spacial score (nSPS) is 12.7. The quantitative estimate of drug-likeness (QED) is 0.679.